The molecule has 0 radical (unpaired) electrons. The SMILES string of the molecule is c1ccc([AsH]c2ncccn2)cc1. The first kappa shape index (κ1) is 8.46. The normalized spacial score (nSPS) is 10.8. The zero-order chi connectivity index (χ0) is 8.93. The second-order valence-electron chi connectivity index (χ2n) is 2.56. The number of nitrogens with zero attached hydrogens (tertiary/aromatic N) is 2. The maximum atomic E-state index is 4.22. The Balaban J connectivity index is 2.16. The van der Waals surface area contributed by atoms with Crippen LogP contribution in [0.3, 0.4) is 0 Å². The molecule has 1 aromatic heterocycles. The molecule has 0 fully saturated rings. The van der Waals surface area contributed by atoms with E-state index in [0.717, 1.165) is 4.61 Å². The van der Waals surface area contributed by atoms with Crippen LogP contribution in [-0.4, -0.2) is 25.7 Å². The average Bonchev–Trinajstić information content (AvgIpc) is 2.21. The van der Waals surface area contributed by atoms with Gasteiger partial charge in [0.05, 0.1) is 0 Å². The average molecular weight is 232 g/mol. The molecule has 0 N–H and O–H groups in total. The Kier molecular flexibility index (Phi) is 2.73. The number of hydrogen-bond donors (Lipinski definition) is 0. The second kappa shape index (κ2) is 4.20. The van der Waals surface area contributed by atoms with Crippen LogP contribution in [0.1, 0.15) is 0 Å². The molecular weight excluding hydrogens is 223 g/mol. The van der Waals surface area contributed by atoms with E-state index in [0.29, 0.717) is 0 Å². The number of aromatic nitrogens is 2. The zero-order valence-corrected chi connectivity index (χ0v) is 9.11. The van der Waals surface area contributed by atoms with Crippen LogP contribution in [0.4, 0.5) is 0 Å². The Morgan fingerprint density at radius 3 is 2.23 bits per heavy atom. The van der Waals surface area contributed by atoms with Crippen LogP contribution in [0.2, 0.25) is 0 Å². The topological polar surface area (TPSA) is 25.8 Å². The first-order valence-electron chi connectivity index (χ1n) is 4.04. The molecule has 64 valence electrons. The summed E-state index contributed by atoms with van der Waals surface area (Å²) in [5, 5.41) is 0. The van der Waals surface area contributed by atoms with Gasteiger partial charge in [0.2, 0.25) is 0 Å². The van der Waals surface area contributed by atoms with Gasteiger partial charge >= 0.3 is 83.5 Å². The van der Waals surface area contributed by atoms with E-state index in [-0.39, 0.29) is 15.8 Å². The van der Waals surface area contributed by atoms with Crippen molar-refractivity contribution >= 4 is 24.7 Å². The summed E-state index contributed by atoms with van der Waals surface area (Å²) in [5.74, 6) is 0. The Morgan fingerprint density at radius 2 is 1.54 bits per heavy atom. The molecule has 1 aromatic carbocycles. The molecular formula is C10H9AsN2. The predicted molar refractivity (Wildman–Crippen MR) is 54.9 cm³/mol. The van der Waals surface area contributed by atoms with Gasteiger partial charge in [-0.25, -0.2) is 0 Å². The van der Waals surface area contributed by atoms with Gasteiger partial charge in [-0.3, -0.25) is 0 Å². The van der Waals surface area contributed by atoms with Crippen molar-refractivity contribution in [1.29, 1.82) is 0 Å². The summed E-state index contributed by atoms with van der Waals surface area (Å²) in [5.41, 5.74) is 0. The molecule has 0 aliphatic heterocycles. The van der Waals surface area contributed by atoms with Gasteiger partial charge in [-0.2, -0.15) is 0 Å². The first-order valence-corrected chi connectivity index (χ1v) is 6.14. The molecule has 3 heteroatoms. The van der Waals surface area contributed by atoms with Crippen LogP contribution in [0.25, 0.3) is 0 Å². The van der Waals surface area contributed by atoms with Gasteiger partial charge in [-0.1, -0.05) is 0 Å². The van der Waals surface area contributed by atoms with E-state index in [4.69, 9.17) is 0 Å². The van der Waals surface area contributed by atoms with Crippen molar-refractivity contribution in [2.75, 3.05) is 0 Å². The quantitative estimate of drug-likeness (QED) is 0.674. The summed E-state index contributed by atoms with van der Waals surface area (Å²) in [6.45, 7) is 0. The fraction of sp³-hybridized carbons (Fsp3) is 0. The molecule has 0 spiro atoms. The molecule has 13 heavy (non-hydrogen) atoms. The summed E-state index contributed by atoms with van der Waals surface area (Å²) in [4.78, 5) is 8.44. The van der Waals surface area contributed by atoms with Crippen LogP contribution in [0.15, 0.2) is 48.8 Å². The van der Waals surface area contributed by atoms with Crippen molar-refractivity contribution in [3.63, 3.8) is 0 Å². The second-order valence-corrected chi connectivity index (χ2v) is 5.24. The molecule has 0 saturated heterocycles. The van der Waals surface area contributed by atoms with Gasteiger partial charge in [0, 0.05) is 0 Å². The monoisotopic (exact) mass is 232 g/mol. The molecule has 1 heterocycles. The van der Waals surface area contributed by atoms with Crippen molar-refractivity contribution in [2.45, 2.75) is 0 Å². The third-order valence-corrected chi connectivity index (χ3v) is 3.91. The zero-order valence-electron chi connectivity index (χ0n) is 7.01. The van der Waals surface area contributed by atoms with Gasteiger partial charge in [0.1, 0.15) is 0 Å². The Bertz CT molecular complexity index is 324. The van der Waals surface area contributed by atoms with E-state index in [9.17, 15) is 0 Å². The van der Waals surface area contributed by atoms with E-state index in [1.807, 2.05) is 12.1 Å². The van der Waals surface area contributed by atoms with Crippen molar-refractivity contribution in [2.24, 2.45) is 0 Å². The van der Waals surface area contributed by atoms with E-state index in [2.05, 4.69) is 34.2 Å². The first-order chi connectivity index (χ1) is 6.45. The molecule has 0 bridgehead atoms. The van der Waals surface area contributed by atoms with Crippen LogP contribution >= 0.6 is 0 Å². The Labute approximate surface area is 83.7 Å². The standard InChI is InChI=1S/C10H9AsN2/c1-2-5-9(6-3-1)11-10-12-7-4-8-13-10/h1-8,11H. The van der Waals surface area contributed by atoms with E-state index < -0.39 is 0 Å². The number of rotatable bonds is 2. The Morgan fingerprint density at radius 1 is 0.846 bits per heavy atom. The minimum atomic E-state index is -0.330. The summed E-state index contributed by atoms with van der Waals surface area (Å²) in [6.07, 6.45) is 3.60. The minimum absolute atomic E-state index is 0.330. The van der Waals surface area contributed by atoms with Gasteiger partial charge in [-0.15, -0.1) is 0 Å². The van der Waals surface area contributed by atoms with Gasteiger partial charge in [-0.05, 0) is 0 Å². The molecule has 0 aliphatic rings. The number of benzene rings is 1. The maximum absolute atomic E-state index is 4.22. The van der Waals surface area contributed by atoms with Gasteiger partial charge < -0.3 is 0 Å². The van der Waals surface area contributed by atoms with Crippen molar-refractivity contribution in [3.05, 3.63) is 48.8 Å². The molecule has 0 amide bonds. The van der Waals surface area contributed by atoms with Crippen LogP contribution < -0.4 is 8.96 Å². The molecule has 2 nitrogen and oxygen atoms in total. The van der Waals surface area contributed by atoms with Crippen LogP contribution in [0.5, 0.6) is 0 Å². The van der Waals surface area contributed by atoms with Gasteiger partial charge in [0.25, 0.3) is 0 Å². The van der Waals surface area contributed by atoms with Crippen molar-refractivity contribution < 1.29 is 0 Å². The van der Waals surface area contributed by atoms with E-state index >= 15 is 0 Å². The van der Waals surface area contributed by atoms with Crippen molar-refractivity contribution in [1.82, 2.24) is 9.97 Å². The third-order valence-electron chi connectivity index (χ3n) is 1.60. The molecule has 1 unspecified atom stereocenters. The summed E-state index contributed by atoms with van der Waals surface area (Å²) < 4.78 is 2.36. The molecule has 0 aliphatic carbocycles. The van der Waals surface area contributed by atoms with Crippen LogP contribution in [-0.2, 0) is 0 Å². The molecule has 0 saturated carbocycles. The van der Waals surface area contributed by atoms with E-state index in [1.54, 1.807) is 12.4 Å². The fourth-order valence-corrected chi connectivity index (χ4v) is 2.89. The molecule has 2 aromatic rings. The Hall–Kier alpha value is -1.14. The number of hydrogen-bond acceptors (Lipinski definition) is 2. The summed E-state index contributed by atoms with van der Waals surface area (Å²) >= 11 is -0.330. The van der Waals surface area contributed by atoms with E-state index in [1.165, 1.54) is 4.35 Å². The van der Waals surface area contributed by atoms with Crippen LogP contribution in [0, 0.1) is 0 Å². The third kappa shape index (κ3) is 2.40. The molecule has 1 atom stereocenters. The summed E-state index contributed by atoms with van der Waals surface area (Å²) in [7, 11) is 0. The van der Waals surface area contributed by atoms with Crippen molar-refractivity contribution in [3.8, 4) is 0 Å². The van der Waals surface area contributed by atoms with Gasteiger partial charge in [0.15, 0.2) is 0 Å². The summed E-state index contributed by atoms with van der Waals surface area (Å²) in [6, 6.07) is 12.3. The predicted octanol–water partition coefficient (Wildman–Crippen LogP) is -0.136. The fourth-order valence-electron chi connectivity index (χ4n) is 1.01. The molecule has 2 rings (SSSR count).